The van der Waals surface area contributed by atoms with E-state index in [0.717, 1.165) is 54.0 Å². The van der Waals surface area contributed by atoms with Gasteiger partial charge in [0.25, 0.3) is 0 Å². The Kier molecular flexibility index (Phi) is 5.46. The minimum Gasteiger partial charge on any atom is -0.496 e. The van der Waals surface area contributed by atoms with Gasteiger partial charge in [0, 0.05) is 36.5 Å². The van der Waals surface area contributed by atoms with E-state index in [4.69, 9.17) is 20.4 Å². The van der Waals surface area contributed by atoms with Crippen molar-refractivity contribution in [1.29, 1.82) is 0 Å². The summed E-state index contributed by atoms with van der Waals surface area (Å²) in [5, 5.41) is 4.42. The number of ether oxygens (including phenoxy) is 1. The SMILES string of the molecule is COc1ccccc1CNc1nc(N2CCC(C(N)=O)CC2)nc2ccccc12. The molecule has 0 aliphatic carbocycles. The number of carbonyl (C=O) groups is 1. The molecule has 150 valence electrons. The molecule has 4 rings (SSSR count). The largest absolute Gasteiger partial charge is 0.496 e. The third-order valence-corrected chi connectivity index (χ3v) is 5.41. The van der Waals surface area contributed by atoms with E-state index in [-0.39, 0.29) is 11.8 Å². The highest BCUT2D eigenvalue weighted by Gasteiger charge is 2.25. The Balaban J connectivity index is 1.60. The van der Waals surface area contributed by atoms with Gasteiger partial charge >= 0.3 is 0 Å². The maximum atomic E-state index is 11.5. The summed E-state index contributed by atoms with van der Waals surface area (Å²) in [4.78, 5) is 23.1. The number of anilines is 2. The first kappa shape index (κ1) is 19.0. The molecule has 0 saturated carbocycles. The highest BCUT2D eigenvalue weighted by molar-refractivity contribution is 5.90. The second-order valence-electron chi connectivity index (χ2n) is 7.22. The van der Waals surface area contributed by atoms with Gasteiger partial charge in [0.05, 0.1) is 12.6 Å². The van der Waals surface area contributed by atoms with Crippen molar-refractivity contribution in [2.45, 2.75) is 19.4 Å². The summed E-state index contributed by atoms with van der Waals surface area (Å²) in [7, 11) is 1.67. The number of carbonyl (C=O) groups excluding carboxylic acids is 1. The fourth-order valence-corrected chi connectivity index (χ4v) is 3.73. The Morgan fingerprint density at radius 3 is 2.62 bits per heavy atom. The molecule has 0 bridgehead atoms. The van der Waals surface area contributed by atoms with Crippen LogP contribution in [0, 0.1) is 5.92 Å². The number of hydrogen-bond acceptors (Lipinski definition) is 6. The van der Waals surface area contributed by atoms with E-state index in [9.17, 15) is 4.79 Å². The normalized spacial score (nSPS) is 14.7. The molecule has 0 spiro atoms. The van der Waals surface area contributed by atoms with Crippen molar-refractivity contribution in [3.63, 3.8) is 0 Å². The highest BCUT2D eigenvalue weighted by Crippen LogP contribution is 2.27. The molecule has 7 heteroatoms. The number of benzene rings is 2. The van der Waals surface area contributed by atoms with Crippen LogP contribution < -0.4 is 20.7 Å². The number of methoxy groups -OCH3 is 1. The number of amides is 1. The molecule has 7 nitrogen and oxygen atoms in total. The van der Waals surface area contributed by atoms with E-state index in [2.05, 4.69) is 10.2 Å². The molecule has 1 fully saturated rings. The number of fused-ring (bicyclic) bond motifs is 1. The third kappa shape index (κ3) is 4.08. The summed E-state index contributed by atoms with van der Waals surface area (Å²) in [6, 6.07) is 15.9. The number of nitrogens with two attached hydrogens (primary N) is 1. The molecule has 2 aromatic carbocycles. The number of piperidine rings is 1. The quantitative estimate of drug-likeness (QED) is 0.671. The van der Waals surface area contributed by atoms with Crippen molar-refractivity contribution in [1.82, 2.24) is 9.97 Å². The second kappa shape index (κ2) is 8.34. The Morgan fingerprint density at radius 2 is 1.86 bits per heavy atom. The molecular formula is C22H25N5O2. The van der Waals surface area contributed by atoms with Gasteiger partial charge in [-0.05, 0) is 31.0 Å². The Morgan fingerprint density at radius 1 is 1.14 bits per heavy atom. The first-order chi connectivity index (χ1) is 14.2. The lowest BCUT2D eigenvalue weighted by Crippen LogP contribution is -2.39. The lowest BCUT2D eigenvalue weighted by atomic mass is 9.96. The lowest BCUT2D eigenvalue weighted by molar-refractivity contribution is -0.122. The molecule has 3 N–H and O–H groups in total. The van der Waals surface area contributed by atoms with E-state index in [1.807, 2.05) is 48.5 Å². The van der Waals surface area contributed by atoms with E-state index < -0.39 is 0 Å². The number of primary amides is 1. The fraction of sp³-hybridized carbons (Fsp3) is 0.318. The third-order valence-electron chi connectivity index (χ3n) is 5.41. The average molecular weight is 391 g/mol. The van der Waals surface area contributed by atoms with Crippen LogP contribution in [0.4, 0.5) is 11.8 Å². The van der Waals surface area contributed by atoms with Gasteiger partial charge in [-0.1, -0.05) is 30.3 Å². The van der Waals surface area contributed by atoms with Crippen molar-refractivity contribution in [2.75, 3.05) is 30.4 Å². The minimum atomic E-state index is -0.219. The van der Waals surface area contributed by atoms with E-state index >= 15 is 0 Å². The molecular weight excluding hydrogens is 366 g/mol. The summed E-state index contributed by atoms with van der Waals surface area (Å²) >= 11 is 0. The zero-order valence-electron chi connectivity index (χ0n) is 16.5. The van der Waals surface area contributed by atoms with Gasteiger partial charge in [0.15, 0.2) is 0 Å². The van der Waals surface area contributed by atoms with Crippen LogP contribution in [-0.2, 0) is 11.3 Å². The predicted molar refractivity (Wildman–Crippen MR) is 114 cm³/mol. The molecule has 1 aliphatic heterocycles. The van der Waals surface area contributed by atoms with Crippen LogP contribution in [0.25, 0.3) is 10.9 Å². The van der Waals surface area contributed by atoms with Gasteiger partial charge in [-0.15, -0.1) is 0 Å². The number of nitrogens with zero attached hydrogens (tertiary/aromatic N) is 3. The maximum absolute atomic E-state index is 11.5. The zero-order chi connectivity index (χ0) is 20.2. The number of hydrogen-bond donors (Lipinski definition) is 2. The lowest BCUT2D eigenvalue weighted by Gasteiger charge is -2.31. The molecule has 1 amide bonds. The van der Waals surface area contributed by atoms with Gasteiger partial charge in [0.1, 0.15) is 11.6 Å². The maximum Gasteiger partial charge on any atom is 0.227 e. The molecule has 0 radical (unpaired) electrons. The molecule has 0 unspecified atom stereocenters. The zero-order valence-corrected chi connectivity index (χ0v) is 16.5. The number of rotatable bonds is 6. The van der Waals surface area contributed by atoms with E-state index in [0.29, 0.717) is 12.5 Å². The topological polar surface area (TPSA) is 93.4 Å². The Labute approximate surface area is 169 Å². The van der Waals surface area contributed by atoms with Crippen molar-refractivity contribution >= 4 is 28.6 Å². The fourth-order valence-electron chi connectivity index (χ4n) is 3.73. The van der Waals surface area contributed by atoms with E-state index in [1.54, 1.807) is 7.11 Å². The smallest absolute Gasteiger partial charge is 0.227 e. The Hall–Kier alpha value is -3.35. The molecule has 0 atom stereocenters. The standard InChI is InChI=1S/C22H25N5O2/c1-29-19-9-5-2-6-16(19)14-24-21-17-7-3-4-8-18(17)25-22(26-21)27-12-10-15(11-13-27)20(23)28/h2-9,15H,10-14H2,1H3,(H2,23,28)(H,24,25,26). The van der Waals surface area contributed by atoms with Gasteiger partial charge in [0.2, 0.25) is 11.9 Å². The van der Waals surface area contributed by atoms with Crippen molar-refractivity contribution in [3.8, 4) is 5.75 Å². The van der Waals surface area contributed by atoms with Crippen molar-refractivity contribution in [3.05, 3.63) is 54.1 Å². The van der Waals surface area contributed by atoms with Crippen molar-refractivity contribution < 1.29 is 9.53 Å². The summed E-state index contributed by atoms with van der Waals surface area (Å²) in [5.41, 5.74) is 7.40. The molecule has 2 heterocycles. The first-order valence-electron chi connectivity index (χ1n) is 9.82. The number of aromatic nitrogens is 2. The van der Waals surface area contributed by atoms with Crippen LogP contribution in [0.15, 0.2) is 48.5 Å². The predicted octanol–water partition coefficient (Wildman–Crippen LogP) is 2.95. The van der Waals surface area contributed by atoms with Gasteiger partial charge < -0.3 is 20.7 Å². The van der Waals surface area contributed by atoms with Crippen molar-refractivity contribution in [2.24, 2.45) is 11.7 Å². The van der Waals surface area contributed by atoms with Crippen LogP contribution in [0.3, 0.4) is 0 Å². The molecule has 29 heavy (non-hydrogen) atoms. The summed E-state index contributed by atoms with van der Waals surface area (Å²) < 4.78 is 5.45. The van der Waals surface area contributed by atoms with Gasteiger partial charge in [-0.2, -0.15) is 4.98 Å². The van der Waals surface area contributed by atoms with Gasteiger partial charge in [-0.3, -0.25) is 4.79 Å². The number of nitrogens with one attached hydrogen (secondary N) is 1. The van der Waals surface area contributed by atoms with Crippen LogP contribution >= 0.6 is 0 Å². The molecule has 1 aromatic heterocycles. The minimum absolute atomic E-state index is 0.0603. The summed E-state index contributed by atoms with van der Waals surface area (Å²) in [5.74, 6) is 2.02. The van der Waals surface area contributed by atoms with Gasteiger partial charge in [-0.25, -0.2) is 4.98 Å². The van der Waals surface area contributed by atoms with Crippen LogP contribution in [0.2, 0.25) is 0 Å². The summed E-state index contributed by atoms with van der Waals surface area (Å²) in [6.45, 7) is 2.03. The molecule has 1 aliphatic rings. The first-order valence-corrected chi connectivity index (χ1v) is 9.82. The number of para-hydroxylation sites is 2. The van der Waals surface area contributed by atoms with Crippen LogP contribution in [0.5, 0.6) is 5.75 Å². The summed E-state index contributed by atoms with van der Waals surface area (Å²) in [6.07, 6.45) is 1.46. The van der Waals surface area contributed by atoms with E-state index in [1.165, 1.54) is 0 Å². The highest BCUT2D eigenvalue weighted by atomic mass is 16.5. The monoisotopic (exact) mass is 391 g/mol. The molecule has 3 aromatic rings. The second-order valence-corrected chi connectivity index (χ2v) is 7.22. The van der Waals surface area contributed by atoms with Crippen LogP contribution in [0.1, 0.15) is 18.4 Å². The average Bonchev–Trinajstić information content (AvgIpc) is 2.77. The Bertz CT molecular complexity index is 1020. The molecule has 1 saturated heterocycles. The van der Waals surface area contributed by atoms with Crippen LogP contribution in [-0.4, -0.2) is 36.1 Å².